The van der Waals surface area contributed by atoms with E-state index in [9.17, 15) is 4.39 Å². The van der Waals surface area contributed by atoms with Crippen LogP contribution in [-0.2, 0) is 6.54 Å². The Hall–Kier alpha value is -1.65. The molecular formula is C15H14ClFN2O. The Bertz CT molecular complexity index is 599. The van der Waals surface area contributed by atoms with E-state index in [-0.39, 0.29) is 10.8 Å². The maximum Gasteiger partial charge on any atom is 0.219 e. The highest BCUT2D eigenvalue weighted by atomic mass is 35.5. The largest absolute Gasteiger partial charge is 0.436 e. The van der Waals surface area contributed by atoms with Gasteiger partial charge in [-0.2, -0.15) is 0 Å². The number of nitrogens with one attached hydrogen (secondary N) is 1. The van der Waals surface area contributed by atoms with Crippen molar-refractivity contribution in [3.63, 3.8) is 0 Å². The van der Waals surface area contributed by atoms with Gasteiger partial charge in [0.2, 0.25) is 5.88 Å². The number of benzene rings is 1. The molecule has 0 bridgehead atoms. The molecule has 104 valence electrons. The molecular weight excluding hydrogens is 279 g/mol. The normalized spacial score (nSPS) is 14.3. The van der Waals surface area contributed by atoms with E-state index < -0.39 is 5.82 Å². The van der Waals surface area contributed by atoms with Crippen LogP contribution in [0.4, 0.5) is 4.39 Å². The molecule has 0 spiro atoms. The Kier molecular flexibility index (Phi) is 3.85. The lowest BCUT2D eigenvalue weighted by atomic mass is 10.3. The molecule has 3 nitrogen and oxygen atoms in total. The Morgan fingerprint density at radius 1 is 1.30 bits per heavy atom. The van der Waals surface area contributed by atoms with E-state index in [0.717, 1.165) is 12.1 Å². The van der Waals surface area contributed by atoms with E-state index in [1.807, 2.05) is 6.07 Å². The van der Waals surface area contributed by atoms with Gasteiger partial charge >= 0.3 is 0 Å². The first-order valence-electron chi connectivity index (χ1n) is 6.52. The number of nitrogens with zero attached hydrogens (tertiary/aromatic N) is 1. The Morgan fingerprint density at radius 3 is 2.85 bits per heavy atom. The van der Waals surface area contributed by atoms with Crippen molar-refractivity contribution in [3.8, 4) is 11.6 Å². The van der Waals surface area contributed by atoms with Crippen LogP contribution in [-0.4, -0.2) is 11.0 Å². The number of ether oxygens (including phenoxy) is 1. The molecule has 1 heterocycles. The number of hydrogen-bond acceptors (Lipinski definition) is 3. The Morgan fingerprint density at radius 2 is 2.15 bits per heavy atom. The summed E-state index contributed by atoms with van der Waals surface area (Å²) in [6.07, 6.45) is 4.23. The molecule has 0 aliphatic heterocycles. The molecule has 3 rings (SSSR count). The summed E-state index contributed by atoms with van der Waals surface area (Å²) in [7, 11) is 0. The van der Waals surface area contributed by atoms with Gasteiger partial charge in [0.1, 0.15) is 0 Å². The third-order valence-corrected chi connectivity index (χ3v) is 3.39. The van der Waals surface area contributed by atoms with E-state index in [1.54, 1.807) is 18.3 Å². The van der Waals surface area contributed by atoms with Crippen LogP contribution in [0.15, 0.2) is 36.5 Å². The lowest BCUT2D eigenvalue weighted by Gasteiger charge is -2.07. The van der Waals surface area contributed by atoms with Gasteiger partial charge in [-0.05, 0) is 30.5 Å². The first-order valence-corrected chi connectivity index (χ1v) is 6.90. The number of rotatable bonds is 5. The fourth-order valence-corrected chi connectivity index (χ4v) is 1.97. The topological polar surface area (TPSA) is 34.1 Å². The van der Waals surface area contributed by atoms with Crippen LogP contribution in [0.3, 0.4) is 0 Å². The van der Waals surface area contributed by atoms with Crippen LogP contribution in [0.1, 0.15) is 18.4 Å². The number of pyridine rings is 1. The summed E-state index contributed by atoms with van der Waals surface area (Å²) >= 11 is 5.70. The minimum Gasteiger partial charge on any atom is -0.436 e. The zero-order chi connectivity index (χ0) is 13.9. The van der Waals surface area contributed by atoms with Crippen LogP contribution in [0.5, 0.6) is 11.6 Å². The second-order valence-corrected chi connectivity index (χ2v) is 5.22. The van der Waals surface area contributed by atoms with Crippen LogP contribution < -0.4 is 10.1 Å². The maximum atomic E-state index is 13.7. The SMILES string of the molecule is Fc1c(Cl)cccc1Oc1ccc(CNC2CC2)cn1. The van der Waals surface area contributed by atoms with Gasteiger partial charge in [0.25, 0.3) is 0 Å². The predicted molar refractivity (Wildman–Crippen MR) is 75.6 cm³/mol. The highest BCUT2D eigenvalue weighted by molar-refractivity contribution is 6.30. The zero-order valence-electron chi connectivity index (χ0n) is 10.8. The van der Waals surface area contributed by atoms with E-state index in [4.69, 9.17) is 16.3 Å². The summed E-state index contributed by atoms with van der Waals surface area (Å²) in [5, 5.41) is 3.44. The molecule has 1 aliphatic carbocycles. The van der Waals surface area contributed by atoms with Crippen molar-refractivity contribution in [2.75, 3.05) is 0 Å². The molecule has 1 fully saturated rings. The minimum atomic E-state index is -0.574. The van der Waals surface area contributed by atoms with Gasteiger partial charge in [-0.15, -0.1) is 0 Å². The van der Waals surface area contributed by atoms with Crippen molar-refractivity contribution in [2.45, 2.75) is 25.4 Å². The van der Waals surface area contributed by atoms with E-state index >= 15 is 0 Å². The van der Waals surface area contributed by atoms with E-state index in [1.165, 1.54) is 25.0 Å². The van der Waals surface area contributed by atoms with Crippen LogP contribution in [0.2, 0.25) is 5.02 Å². The summed E-state index contributed by atoms with van der Waals surface area (Å²) in [5.41, 5.74) is 1.08. The number of halogens is 2. The lowest BCUT2D eigenvalue weighted by Crippen LogP contribution is -2.15. The van der Waals surface area contributed by atoms with Gasteiger partial charge in [0, 0.05) is 24.8 Å². The first kappa shape index (κ1) is 13.3. The fraction of sp³-hybridized carbons (Fsp3) is 0.267. The molecule has 0 saturated heterocycles. The summed E-state index contributed by atoms with van der Waals surface area (Å²) < 4.78 is 19.1. The van der Waals surface area contributed by atoms with Gasteiger partial charge in [0.05, 0.1) is 5.02 Å². The Balaban J connectivity index is 1.66. The Labute approximate surface area is 121 Å². The molecule has 1 saturated carbocycles. The molecule has 0 atom stereocenters. The second kappa shape index (κ2) is 5.77. The summed E-state index contributed by atoms with van der Waals surface area (Å²) in [6, 6.07) is 8.93. The molecule has 20 heavy (non-hydrogen) atoms. The summed E-state index contributed by atoms with van der Waals surface area (Å²) in [6.45, 7) is 0.795. The molecule has 5 heteroatoms. The van der Waals surface area contributed by atoms with Crippen molar-refractivity contribution in [3.05, 3.63) is 52.9 Å². The second-order valence-electron chi connectivity index (χ2n) is 4.81. The number of hydrogen-bond donors (Lipinski definition) is 1. The third-order valence-electron chi connectivity index (χ3n) is 3.10. The van der Waals surface area contributed by atoms with Crippen molar-refractivity contribution < 1.29 is 9.13 Å². The molecule has 0 unspecified atom stereocenters. The molecule has 1 aromatic carbocycles. The first-order chi connectivity index (χ1) is 9.72. The molecule has 1 N–H and O–H groups in total. The molecule has 1 aromatic heterocycles. The summed E-state index contributed by atoms with van der Waals surface area (Å²) in [5.74, 6) is -0.148. The molecule has 0 amide bonds. The summed E-state index contributed by atoms with van der Waals surface area (Å²) in [4.78, 5) is 4.17. The zero-order valence-corrected chi connectivity index (χ0v) is 11.5. The highest BCUT2D eigenvalue weighted by Crippen LogP contribution is 2.27. The van der Waals surface area contributed by atoms with Crippen molar-refractivity contribution >= 4 is 11.6 Å². The molecule has 0 radical (unpaired) electrons. The van der Waals surface area contributed by atoms with Crippen LogP contribution in [0, 0.1) is 5.82 Å². The quantitative estimate of drug-likeness (QED) is 0.907. The van der Waals surface area contributed by atoms with E-state index in [2.05, 4.69) is 10.3 Å². The van der Waals surface area contributed by atoms with Gasteiger partial charge in [-0.1, -0.05) is 23.7 Å². The van der Waals surface area contributed by atoms with Gasteiger partial charge in [0.15, 0.2) is 11.6 Å². The van der Waals surface area contributed by atoms with Gasteiger partial charge in [-0.3, -0.25) is 0 Å². The van der Waals surface area contributed by atoms with Crippen LogP contribution in [0.25, 0.3) is 0 Å². The lowest BCUT2D eigenvalue weighted by molar-refractivity contribution is 0.427. The van der Waals surface area contributed by atoms with Gasteiger partial charge < -0.3 is 10.1 Å². The maximum absolute atomic E-state index is 13.7. The molecule has 2 aromatic rings. The molecule has 1 aliphatic rings. The standard InChI is InChI=1S/C15H14ClFN2O/c16-12-2-1-3-13(15(12)17)20-14-7-4-10(9-19-14)8-18-11-5-6-11/h1-4,7,9,11,18H,5-6,8H2. The smallest absolute Gasteiger partial charge is 0.219 e. The number of aromatic nitrogens is 1. The average molecular weight is 293 g/mol. The monoisotopic (exact) mass is 292 g/mol. The van der Waals surface area contributed by atoms with Crippen molar-refractivity contribution in [1.29, 1.82) is 0 Å². The van der Waals surface area contributed by atoms with Crippen molar-refractivity contribution in [1.82, 2.24) is 10.3 Å². The van der Waals surface area contributed by atoms with Crippen molar-refractivity contribution in [2.24, 2.45) is 0 Å². The third kappa shape index (κ3) is 3.26. The highest BCUT2D eigenvalue weighted by Gasteiger charge is 2.19. The van der Waals surface area contributed by atoms with Crippen LogP contribution >= 0.6 is 11.6 Å². The van der Waals surface area contributed by atoms with E-state index in [0.29, 0.717) is 11.9 Å². The van der Waals surface area contributed by atoms with Gasteiger partial charge in [-0.25, -0.2) is 9.37 Å². The average Bonchev–Trinajstić information content (AvgIpc) is 3.27. The minimum absolute atomic E-state index is 0.0350. The fourth-order valence-electron chi connectivity index (χ4n) is 1.80. The predicted octanol–water partition coefficient (Wildman–Crippen LogP) is 3.92.